The Hall–Kier alpha value is -1.13. The molecule has 0 saturated carbocycles. The molecule has 4 nitrogen and oxygen atoms in total. The second-order valence-corrected chi connectivity index (χ2v) is 6.43. The predicted molar refractivity (Wildman–Crippen MR) is 87.7 cm³/mol. The maximum atomic E-state index is 4.46. The minimum absolute atomic E-state index is 0.699. The molecule has 2 aliphatic heterocycles. The summed E-state index contributed by atoms with van der Waals surface area (Å²) < 4.78 is 0. The minimum atomic E-state index is 0.699. The summed E-state index contributed by atoms with van der Waals surface area (Å²) in [7, 11) is 0. The molecular weight excluding hydrogens is 260 g/mol. The van der Waals surface area contributed by atoms with Crippen molar-refractivity contribution in [2.45, 2.75) is 32.2 Å². The fraction of sp³-hybridized carbons (Fsp3) is 0.706. The van der Waals surface area contributed by atoms with Crippen molar-refractivity contribution in [1.82, 2.24) is 15.2 Å². The highest BCUT2D eigenvalue weighted by Gasteiger charge is 2.24. The van der Waals surface area contributed by atoms with E-state index in [0.29, 0.717) is 6.04 Å². The molecule has 0 amide bonds. The first-order valence-electron chi connectivity index (χ1n) is 8.47. The summed E-state index contributed by atoms with van der Waals surface area (Å²) in [5.41, 5.74) is 0. The van der Waals surface area contributed by atoms with Crippen molar-refractivity contribution in [2.24, 2.45) is 5.92 Å². The van der Waals surface area contributed by atoms with Gasteiger partial charge in [0.15, 0.2) is 0 Å². The van der Waals surface area contributed by atoms with E-state index in [1.54, 1.807) is 0 Å². The van der Waals surface area contributed by atoms with Gasteiger partial charge in [-0.3, -0.25) is 4.90 Å². The number of hydrogen-bond acceptors (Lipinski definition) is 4. The van der Waals surface area contributed by atoms with Crippen LogP contribution in [0.1, 0.15) is 26.2 Å². The van der Waals surface area contributed by atoms with Gasteiger partial charge in [-0.25, -0.2) is 4.98 Å². The van der Waals surface area contributed by atoms with Gasteiger partial charge in [0.1, 0.15) is 5.82 Å². The molecule has 3 heterocycles. The molecule has 116 valence electrons. The molecule has 2 saturated heterocycles. The smallest absolute Gasteiger partial charge is 0.128 e. The lowest BCUT2D eigenvalue weighted by Crippen LogP contribution is -2.52. The highest BCUT2D eigenvalue weighted by atomic mass is 15.3. The van der Waals surface area contributed by atoms with E-state index < -0.39 is 0 Å². The highest BCUT2D eigenvalue weighted by Crippen LogP contribution is 2.20. The standard InChI is InChI=1S/C17H28N4/c1-2-15-6-8-18-16(13-15)14-20-9-11-21(12-10-20)17-5-3-4-7-19-17/h3-5,7,15-16,18H,2,6,8-14H2,1H3. The average Bonchev–Trinajstić information content (AvgIpc) is 2.56. The maximum absolute atomic E-state index is 4.46. The Labute approximate surface area is 128 Å². The molecule has 1 N–H and O–H groups in total. The zero-order valence-electron chi connectivity index (χ0n) is 13.2. The van der Waals surface area contributed by atoms with Crippen LogP contribution in [0.15, 0.2) is 24.4 Å². The first-order valence-corrected chi connectivity index (χ1v) is 8.47. The normalized spacial score (nSPS) is 27.8. The van der Waals surface area contributed by atoms with Crippen molar-refractivity contribution in [3.63, 3.8) is 0 Å². The third-order valence-corrected chi connectivity index (χ3v) is 5.00. The number of piperidine rings is 1. The van der Waals surface area contributed by atoms with Gasteiger partial charge in [0.2, 0.25) is 0 Å². The number of nitrogens with one attached hydrogen (secondary N) is 1. The van der Waals surface area contributed by atoms with Crippen LogP contribution in [0, 0.1) is 5.92 Å². The SMILES string of the molecule is CCC1CCNC(CN2CCN(c3ccccn3)CC2)C1. The lowest BCUT2D eigenvalue weighted by atomic mass is 9.90. The van der Waals surface area contributed by atoms with Crippen LogP contribution < -0.4 is 10.2 Å². The molecule has 2 unspecified atom stereocenters. The van der Waals surface area contributed by atoms with E-state index in [1.807, 2.05) is 12.3 Å². The fourth-order valence-electron chi connectivity index (χ4n) is 3.62. The van der Waals surface area contributed by atoms with Crippen LogP contribution in [-0.4, -0.2) is 55.2 Å². The highest BCUT2D eigenvalue weighted by molar-refractivity contribution is 5.38. The van der Waals surface area contributed by atoms with Crippen molar-refractivity contribution in [3.05, 3.63) is 24.4 Å². The Morgan fingerprint density at radius 2 is 2.10 bits per heavy atom. The molecule has 2 atom stereocenters. The third-order valence-electron chi connectivity index (χ3n) is 5.00. The van der Waals surface area contributed by atoms with E-state index in [2.05, 4.69) is 39.2 Å². The van der Waals surface area contributed by atoms with E-state index in [-0.39, 0.29) is 0 Å². The quantitative estimate of drug-likeness (QED) is 0.918. The lowest BCUT2D eigenvalue weighted by Gasteiger charge is -2.39. The van der Waals surface area contributed by atoms with Crippen molar-refractivity contribution in [3.8, 4) is 0 Å². The van der Waals surface area contributed by atoms with Gasteiger partial charge in [-0.2, -0.15) is 0 Å². The summed E-state index contributed by atoms with van der Waals surface area (Å²) in [4.78, 5) is 9.48. The molecule has 1 aromatic rings. The van der Waals surface area contributed by atoms with Crippen LogP contribution in [-0.2, 0) is 0 Å². The summed E-state index contributed by atoms with van der Waals surface area (Å²) >= 11 is 0. The van der Waals surface area contributed by atoms with E-state index in [0.717, 1.165) is 37.9 Å². The summed E-state index contributed by atoms with van der Waals surface area (Å²) in [6.07, 6.45) is 5.95. The van der Waals surface area contributed by atoms with Gasteiger partial charge in [0.05, 0.1) is 0 Å². The number of pyridine rings is 1. The Kier molecular flexibility index (Phi) is 5.09. The van der Waals surface area contributed by atoms with E-state index in [1.165, 1.54) is 32.4 Å². The largest absolute Gasteiger partial charge is 0.354 e. The van der Waals surface area contributed by atoms with Gasteiger partial charge in [0.25, 0.3) is 0 Å². The Balaban J connectivity index is 1.45. The molecule has 2 aliphatic rings. The molecule has 0 aliphatic carbocycles. The lowest BCUT2D eigenvalue weighted by molar-refractivity contribution is 0.191. The molecule has 21 heavy (non-hydrogen) atoms. The average molecular weight is 288 g/mol. The summed E-state index contributed by atoms with van der Waals surface area (Å²) in [5, 5.41) is 3.71. The number of piperazine rings is 1. The zero-order valence-corrected chi connectivity index (χ0v) is 13.2. The van der Waals surface area contributed by atoms with Crippen molar-refractivity contribution >= 4 is 5.82 Å². The van der Waals surface area contributed by atoms with Gasteiger partial charge in [0, 0.05) is 45.0 Å². The molecule has 1 aromatic heterocycles. The second kappa shape index (κ2) is 7.23. The first kappa shape index (κ1) is 14.8. The van der Waals surface area contributed by atoms with Gasteiger partial charge in [-0.15, -0.1) is 0 Å². The summed E-state index contributed by atoms with van der Waals surface area (Å²) in [5.74, 6) is 2.06. The van der Waals surface area contributed by atoms with Crippen LogP contribution in [0.4, 0.5) is 5.82 Å². The zero-order chi connectivity index (χ0) is 14.5. The van der Waals surface area contributed by atoms with Crippen molar-refractivity contribution < 1.29 is 0 Å². The molecule has 0 aromatic carbocycles. The van der Waals surface area contributed by atoms with E-state index in [4.69, 9.17) is 0 Å². The predicted octanol–water partition coefficient (Wildman–Crippen LogP) is 1.98. The molecular formula is C17H28N4. The Morgan fingerprint density at radius 3 is 2.81 bits per heavy atom. The molecule has 4 heteroatoms. The van der Waals surface area contributed by atoms with Gasteiger partial charge < -0.3 is 10.2 Å². The molecule has 0 bridgehead atoms. The van der Waals surface area contributed by atoms with Crippen LogP contribution in [0.2, 0.25) is 0 Å². The minimum Gasteiger partial charge on any atom is -0.354 e. The summed E-state index contributed by atoms with van der Waals surface area (Å²) in [6, 6.07) is 6.87. The summed E-state index contributed by atoms with van der Waals surface area (Å²) in [6.45, 7) is 9.27. The Morgan fingerprint density at radius 1 is 1.24 bits per heavy atom. The fourth-order valence-corrected chi connectivity index (χ4v) is 3.62. The number of hydrogen-bond donors (Lipinski definition) is 1. The molecule has 3 rings (SSSR count). The Bertz CT molecular complexity index is 414. The molecule has 0 radical (unpaired) electrons. The van der Waals surface area contributed by atoms with E-state index >= 15 is 0 Å². The monoisotopic (exact) mass is 288 g/mol. The number of anilines is 1. The van der Waals surface area contributed by atoms with Crippen molar-refractivity contribution in [2.75, 3.05) is 44.2 Å². The number of nitrogens with zero attached hydrogens (tertiary/aromatic N) is 3. The molecule has 2 fully saturated rings. The topological polar surface area (TPSA) is 31.4 Å². The van der Waals surface area contributed by atoms with Crippen LogP contribution in [0.3, 0.4) is 0 Å². The van der Waals surface area contributed by atoms with Crippen LogP contribution in [0.5, 0.6) is 0 Å². The van der Waals surface area contributed by atoms with Gasteiger partial charge >= 0.3 is 0 Å². The maximum Gasteiger partial charge on any atom is 0.128 e. The third kappa shape index (κ3) is 3.95. The number of rotatable bonds is 4. The van der Waals surface area contributed by atoms with Gasteiger partial charge in [-0.1, -0.05) is 19.4 Å². The second-order valence-electron chi connectivity index (χ2n) is 6.43. The van der Waals surface area contributed by atoms with Gasteiger partial charge in [-0.05, 0) is 37.4 Å². The molecule has 0 spiro atoms. The van der Waals surface area contributed by atoms with Crippen LogP contribution >= 0.6 is 0 Å². The first-order chi connectivity index (χ1) is 10.3. The number of aromatic nitrogens is 1. The van der Waals surface area contributed by atoms with Crippen molar-refractivity contribution in [1.29, 1.82) is 0 Å². The van der Waals surface area contributed by atoms with Crippen LogP contribution in [0.25, 0.3) is 0 Å². The van der Waals surface area contributed by atoms with E-state index in [9.17, 15) is 0 Å².